The molecule has 1 aliphatic heterocycles. The van der Waals surface area contributed by atoms with Gasteiger partial charge in [-0.2, -0.15) is 0 Å². The van der Waals surface area contributed by atoms with Gasteiger partial charge in [-0.1, -0.05) is 0 Å². The molecule has 0 spiro atoms. The van der Waals surface area contributed by atoms with Gasteiger partial charge in [-0.25, -0.2) is 4.98 Å². The number of amides is 1. The number of aryl methyl sites for hydroxylation is 1. The average molecular weight is 297 g/mol. The first-order valence-electron chi connectivity index (χ1n) is 7.07. The van der Waals surface area contributed by atoms with Crippen molar-refractivity contribution in [2.75, 3.05) is 31.6 Å². The van der Waals surface area contributed by atoms with E-state index < -0.39 is 0 Å². The molecule has 0 radical (unpaired) electrons. The molecule has 1 atom stereocenters. The molecule has 0 bridgehead atoms. The van der Waals surface area contributed by atoms with Crippen LogP contribution in [-0.4, -0.2) is 53.7 Å². The Bertz CT molecular complexity index is 455. The molecule has 6 heteroatoms. The molecule has 1 unspecified atom stereocenters. The summed E-state index contributed by atoms with van der Waals surface area (Å²) in [6, 6.07) is -0.109. The zero-order valence-corrected chi connectivity index (χ0v) is 13.2. The van der Waals surface area contributed by atoms with E-state index in [0.717, 1.165) is 36.8 Å². The van der Waals surface area contributed by atoms with Gasteiger partial charge in [0.25, 0.3) is 0 Å². The largest absolute Gasteiger partial charge is 0.394 e. The zero-order valence-electron chi connectivity index (χ0n) is 12.4. The molecule has 1 N–H and O–H groups in total. The van der Waals surface area contributed by atoms with Gasteiger partial charge in [0.05, 0.1) is 18.3 Å². The normalized spacial score (nSPS) is 18.1. The highest BCUT2D eigenvalue weighted by Gasteiger charge is 2.29. The van der Waals surface area contributed by atoms with Crippen LogP contribution in [0.1, 0.15) is 25.5 Å². The number of hydrogen-bond acceptors (Lipinski definition) is 5. The summed E-state index contributed by atoms with van der Waals surface area (Å²) in [7, 11) is 1.78. The topological polar surface area (TPSA) is 56.7 Å². The molecule has 1 aromatic rings. The highest BCUT2D eigenvalue weighted by atomic mass is 32.1. The Morgan fingerprint density at radius 2 is 2.25 bits per heavy atom. The molecule has 1 saturated heterocycles. The second-order valence-corrected chi connectivity index (χ2v) is 6.35. The number of aromatic nitrogens is 1. The van der Waals surface area contributed by atoms with Gasteiger partial charge in [0.15, 0.2) is 5.13 Å². The lowest BCUT2D eigenvalue weighted by Gasteiger charge is -2.34. The van der Waals surface area contributed by atoms with Crippen molar-refractivity contribution in [2.24, 2.45) is 5.92 Å². The molecule has 1 aromatic heterocycles. The summed E-state index contributed by atoms with van der Waals surface area (Å²) in [6.07, 6.45) is 1.72. The van der Waals surface area contributed by atoms with E-state index in [-0.39, 0.29) is 24.5 Å². The summed E-state index contributed by atoms with van der Waals surface area (Å²) in [6.45, 7) is 5.64. The fraction of sp³-hybridized carbons (Fsp3) is 0.714. The molecular formula is C14H23N3O2S. The highest BCUT2D eigenvalue weighted by Crippen LogP contribution is 2.27. The lowest BCUT2D eigenvalue weighted by atomic mass is 9.95. The number of aliphatic hydroxyl groups is 1. The lowest BCUT2D eigenvalue weighted by Crippen LogP contribution is -2.45. The van der Waals surface area contributed by atoms with Crippen molar-refractivity contribution >= 4 is 22.4 Å². The molecule has 0 aliphatic carbocycles. The predicted octanol–water partition coefficient (Wildman–Crippen LogP) is 1.51. The number of rotatable bonds is 4. The van der Waals surface area contributed by atoms with Gasteiger partial charge in [0.2, 0.25) is 5.91 Å². The third-order valence-electron chi connectivity index (χ3n) is 3.99. The first kappa shape index (κ1) is 15.3. The molecule has 112 valence electrons. The van der Waals surface area contributed by atoms with E-state index in [0.29, 0.717) is 0 Å². The standard InChI is InChI=1S/C14H23N3O2S/c1-10-9-20-14(15-10)17-6-4-12(5-7-17)13(19)16(3)11(2)8-18/h9,11-12,18H,4-8H2,1-3H3. The summed E-state index contributed by atoms with van der Waals surface area (Å²) >= 11 is 1.67. The molecule has 1 fully saturated rings. The van der Waals surface area contributed by atoms with Crippen molar-refractivity contribution in [3.63, 3.8) is 0 Å². The van der Waals surface area contributed by atoms with Crippen LogP contribution in [0.3, 0.4) is 0 Å². The fourth-order valence-corrected chi connectivity index (χ4v) is 3.29. The smallest absolute Gasteiger partial charge is 0.225 e. The number of piperidine rings is 1. The van der Waals surface area contributed by atoms with E-state index in [1.165, 1.54) is 0 Å². The van der Waals surface area contributed by atoms with E-state index in [1.807, 2.05) is 13.8 Å². The van der Waals surface area contributed by atoms with Crippen LogP contribution in [0, 0.1) is 12.8 Å². The average Bonchev–Trinajstić information content (AvgIpc) is 2.91. The first-order chi connectivity index (χ1) is 9.52. The van der Waals surface area contributed by atoms with Crippen molar-refractivity contribution < 1.29 is 9.90 Å². The van der Waals surface area contributed by atoms with Crippen molar-refractivity contribution in [1.29, 1.82) is 0 Å². The molecular weight excluding hydrogens is 274 g/mol. The number of likely N-dealkylation sites (N-methyl/N-ethyl adjacent to an activating group) is 1. The molecule has 0 saturated carbocycles. The maximum absolute atomic E-state index is 12.3. The number of carbonyl (C=O) groups excluding carboxylic acids is 1. The summed E-state index contributed by atoms with van der Waals surface area (Å²) < 4.78 is 0. The molecule has 2 rings (SSSR count). The Balaban J connectivity index is 1.89. The fourth-order valence-electron chi connectivity index (χ4n) is 2.43. The maximum atomic E-state index is 12.3. The summed E-state index contributed by atoms with van der Waals surface area (Å²) in [5.41, 5.74) is 1.06. The Hall–Kier alpha value is -1.14. The van der Waals surface area contributed by atoms with Crippen LogP contribution in [0.2, 0.25) is 0 Å². The molecule has 1 amide bonds. The van der Waals surface area contributed by atoms with Crippen LogP contribution in [0.4, 0.5) is 5.13 Å². The van der Waals surface area contributed by atoms with Gasteiger partial charge in [-0.3, -0.25) is 4.79 Å². The van der Waals surface area contributed by atoms with Crippen LogP contribution < -0.4 is 4.90 Å². The minimum Gasteiger partial charge on any atom is -0.394 e. The van der Waals surface area contributed by atoms with Gasteiger partial charge in [-0.05, 0) is 26.7 Å². The molecule has 5 nitrogen and oxygen atoms in total. The third-order valence-corrected chi connectivity index (χ3v) is 5.01. The minimum absolute atomic E-state index is 0.0134. The van der Waals surface area contributed by atoms with E-state index >= 15 is 0 Å². The lowest BCUT2D eigenvalue weighted by molar-refractivity contribution is -0.137. The van der Waals surface area contributed by atoms with Crippen molar-refractivity contribution in [3.8, 4) is 0 Å². The van der Waals surface area contributed by atoms with Crippen LogP contribution in [0.25, 0.3) is 0 Å². The highest BCUT2D eigenvalue weighted by molar-refractivity contribution is 7.13. The van der Waals surface area contributed by atoms with E-state index in [2.05, 4.69) is 15.3 Å². The summed E-state index contributed by atoms with van der Waals surface area (Å²) in [5, 5.41) is 12.3. The molecule has 2 heterocycles. The van der Waals surface area contributed by atoms with Crippen molar-refractivity contribution in [3.05, 3.63) is 11.1 Å². The molecule has 0 aromatic carbocycles. The van der Waals surface area contributed by atoms with E-state index in [9.17, 15) is 4.79 Å². The predicted molar refractivity (Wildman–Crippen MR) is 81.1 cm³/mol. The SMILES string of the molecule is Cc1csc(N2CCC(C(=O)N(C)C(C)CO)CC2)n1. The van der Waals surface area contributed by atoms with Crippen molar-refractivity contribution in [2.45, 2.75) is 32.7 Å². The van der Waals surface area contributed by atoms with Gasteiger partial charge in [0.1, 0.15) is 0 Å². The first-order valence-corrected chi connectivity index (χ1v) is 7.95. The Kier molecular flexibility index (Phi) is 4.99. The number of aliphatic hydroxyl groups excluding tert-OH is 1. The van der Waals surface area contributed by atoms with Gasteiger partial charge in [0, 0.05) is 31.4 Å². The Morgan fingerprint density at radius 3 is 2.75 bits per heavy atom. The Morgan fingerprint density at radius 1 is 1.60 bits per heavy atom. The van der Waals surface area contributed by atoms with E-state index in [4.69, 9.17) is 5.11 Å². The maximum Gasteiger partial charge on any atom is 0.225 e. The number of thiazole rings is 1. The molecule has 20 heavy (non-hydrogen) atoms. The van der Waals surface area contributed by atoms with Gasteiger partial charge >= 0.3 is 0 Å². The number of anilines is 1. The zero-order chi connectivity index (χ0) is 14.7. The third kappa shape index (κ3) is 3.30. The van der Waals surface area contributed by atoms with Gasteiger partial charge in [-0.15, -0.1) is 11.3 Å². The van der Waals surface area contributed by atoms with Crippen LogP contribution in [0.5, 0.6) is 0 Å². The van der Waals surface area contributed by atoms with Crippen LogP contribution in [-0.2, 0) is 4.79 Å². The number of nitrogens with zero attached hydrogens (tertiary/aromatic N) is 3. The quantitative estimate of drug-likeness (QED) is 0.915. The van der Waals surface area contributed by atoms with Crippen molar-refractivity contribution in [1.82, 2.24) is 9.88 Å². The molecule has 1 aliphatic rings. The van der Waals surface area contributed by atoms with E-state index in [1.54, 1.807) is 23.3 Å². The second-order valence-electron chi connectivity index (χ2n) is 5.51. The van der Waals surface area contributed by atoms with Crippen LogP contribution >= 0.6 is 11.3 Å². The monoisotopic (exact) mass is 297 g/mol. The van der Waals surface area contributed by atoms with Crippen LogP contribution in [0.15, 0.2) is 5.38 Å². The Labute approximate surface area is 124 Å². The number of hydrogen-bond donors (Lipinski definition) is 1. The summed E-state index contributed by atoms with van der Waals surface area (Å²) in [5.74, 6) is 0.229. The summed E-state index contributed by atoms with van der Waals surface area (Å²) in [4.78, 5) is 20.8. The second kappa shape index (κ2) is 6.54. The minimum atomic E-state index is -0.109. The van der Waals surface area contributed by atoms with Gasteiger partial charge < -0.3 is 14.9 Å². The number of carbonyl (C=O) groups is 1.